The summed E-state index contributed by atoms with van der Waals surface area (Å²) in [6, 6.07) is 18.1. The second-order valence-corrected chi connectivity index (χ2v) is 5.78. The highest BCUT2D eigenvalue weighted by Gasteiger charge is 2.17. The zero-order valence-corrected chi connectivity index (χ0v) is 14.2. The Balaban J connectivity index is 1.67. The van der Waals surface area contributed by atoms with Gasteiger partial charge in [0.1, 0.15) is 5.69 Å². The number of nitrogens with one attached hydrogen (secondary N) is 1. The van der Waals surface area contributed by atoms with E-state index >= 15 is 0 Å². The van der Waals surface area contributed by atoms with Gasteiger partial charge in [-0.3, -0.25) is 19.7 Å². The summed E-state index contributed by atoms with van der Waals surface area (Å²) in [6.07, 6.45) is 3.24. The molecule has 0 bridgehead atoms. The number of hydrogen-bond acceptors (Lipinski definition) is 4. The Morgan fingerprint density at radius 1 is 0.889 bits per heavy atom. The van der Waals surface area contributed by atoms with Gasteiger partial charge in [-0.05, 0) is 6.07 Å². The Labute approximate surface area is 155 Å². The molecule has 0 atom stereocenters. The second-order valence-electron chi connectivity index (χ2n) is 5.78. The molecule has 1 aromatic heterocycles. The molecule has 3 rings (SSSR count). The number of carbonyl (C=O) groups is 2. The molecule has 2 aromatic carbocycles. The van der Waals surface area contributed by atoms with E-state index in [0.29, 0.717) is 11.1 Å². The van der Waals surface area contributed by atoms with Crippen LogP contribution in [0.25, 0.3) is 0 Å². The number of rotatable bonds is 6. The van der Waals surface area contributed by atoms with Crippen molar-refractivity contribution in [1.82, 2.24) is 0 Å². The van der Waals surface area contributed by atoms with Crippen molar-refractivity contribution < 1.29 is 19.1 Å². The van der Waals surface area contributed by atoms with Crippen molar-refractivity contribution in [3.05, 3.63) is 100 Å². The zero-order chi connectivity index (χ0) is 19.2. The Kier molecular flexibility index (Phi) is 5.32. The number of nitro benzene ring substituents is 1. The summed E-state index contributed by atoms with van der Waals surface area (Å²) in [5, 5.41) is 13.5. The van der Waals surface area contributed by atoms with Crippen LogP contribution >= 0.6 is 0 Å². The van der Waals surface area contributed by atoms with Gasteiger partial charge in [-0.1, -0.05) is 42.5 Å². The van der Waals surface area contributed by atoms with Crippen molar-refractivity contribution >= 4 is 23.1 Å². The topological polar surface area (TPSA) is 93.2 Å². The van der Waals surface area contributed by atoms with Crippen molar-refractivity contribution in [3.8, 4) is 0 Å². The first-order valence-electron chi connectivity index (χ1n) is 8.17. The molecule has 0 saturated heterocycles. The number of benzene rings is 2. The number of amides is 1. The Bertz CT molecular complexity index is 986. The van der Waals surface area contributed by atoms with Crippen LogP contribution in [-0.4, -0.2) is 16.6 Å². The van der Waals surface area contributed by atoms with E-state index < -0.39 is 10.8 Å². The number of para-hydroxylation sites is 2. The molecule has 0 saturated carbocycles. The number of ketones is 1. The predicted molar refractivity (Wildman–Crippen MR) is 98.2 cm³/mol. The van der Waals surface area contributed by atoms with Gasteiger partial charge in [0.25, 0.3) is 11.6 Å². The third-order valence-corrected chi connectivity index (χ3v) is 3.89. The van der Waals surface area contributed by atoms with Gasteiger partial charge in [0, 0.05) is 29.3 Å². The molecule has 0 aliphatic heterocycles. The molecule has 3 aromatic rings. The number of anilines is 1. The van der Waals surface area contributed by atoms with Gasteiger partial charge in [0.2, 0.25) is 6.54 Å². The van der Waals surface area contributed by atoms with E-state index in [1.165, 1.54) is 18.2 Å². The van der Waals surface area contributed by atoms with Gasteiger partial charge in [-0.2, -0.15) is 4.57 Å². The van der Waals surface area contributed by atoms with Crippen LogP contribution in [0.3, 0.4) is 0 Å². The second kappa shape index (κ2) is 8.01. The number of hydrogen-bond donors (Lipinski definition) is 1. The van der Waals surface area contributed by atoms with E-state index in [1.807, 2.05) is 6.07 Å². The molecule has 134 valence electrons. The molecule has 7 heteroatoms. The fraction of sp³-hybridized carbons (Fsp3) is 0.0500. The predicted octanol–water partition coefficient (Wildman–Crippen LogP) is 2.75. The highest BCUT2D eigenvalue weighted by atomic mass is 16.6. The molecule has 0 fully saturated rings. The fourth-order valence-electron chi connectivity index (χ4n) is 2.56. The average molecular weight is 362 g/mol. The van der Waals surface area contributed by atoms with E-state index in [4.69, 9.17) is 0 Å². The van der Waals surface area contributed by atoms with E-state index in [0.717, 1.165) is 0 Å². The van der Waals surface area contributed by atoms with Crippen molar-refractivity contribution in [1.29, 1.82) is 0 Å². The molecular formula is C20H16N3O4+. The van der Waals surface area contributed by atoms with Crippen molar-refractivity contribution in [2.45, 2.75) is 6.54 Å². The molecule has 0 aliphatic rings. The fourth-order valence-corrected chi connectivity index (χ4v) is 2.56. The highest BCUT2D eigenvalue weighted by Crippen LogP contribution is 2.22. The maximum absolute atomic E-state index is 12.4. The summed E-state index contributed by atoms with van der Waals surface area (Å²) in [4.78, 5) is 35.0. The lowest BCUT2D eigenvalue weighted by Gasteiger charge is -2.04. The van der Waals surface area contributed by atoms with Crippen LogP contribution in [0.2, 0.25) is 0 Å². The minimum absolute atomic E-state index is 0.0359. The SMILES string of the molecule is O=C(C[n+]1ccc(C(=O)c2ccccc2)cc1)Nc1ccccc1[N+](=O)[O-]. The van der Waals surface area contributed by atoms with E-state index in [1.54, 1.807) is 59.4 Å². The number of aromatic nitrogens is 1. The van der Waals surface area contributed by atoms with E-state index in [-0.39, 0.29) is 23.7 Å². The smallest absolute Gasteiger partial charge is 0.292 e. The van der Waals surface area contributed by atoms with Crippen molar-refractivity contribution in [2.75, 3.05) is 5.32 Å². The van der Waals surface area contributed by atoms with Crippen LogP contribution in [0.4, 0.5) is 11.4 Å². The van der Waals surface area contributed by atoms with Gasteiger partial charge >= 0.3 is 0 Å². The standard InChI is InChI=1S/C20H15N3O4/c24-19(21-17-8-4-5-9-18(17)23(26)27)14-22-12-10-16(11-13-22)20(25)15-6-2-1-3-7-15/h1-13H,14H2/p+1. The van der Waals surface area contributed by atoms with Crippen LogP contribution in [0.15, 0.2) is 79.1 Å². The molecule has 1 heterocycles. The minimum atomic E-state index is -0.549. The number of nitro groups is 1. The molecule has 0 unspecified atom stereocenters. The highest BCUT2D eigenvalue weighted by molar-refractivity contribution is 6.08. The summed E-state index contributed by atoms with van der Waals surface area (Å²) in [5.41, 5.74) is 1.07. The quantitative estimate of drug-likeness (QED) is 0.316. The first-order chi connectivity index (χ1) is 13.0. The lowest BCUT2D eigenvalue weighted by molar-refractivity contribution is -0.684. The Morgan fingerprint density at radius 3 is 2.15 bits per heavy atom. The molecule has 7 nitrogen and oxygen atoms in total. The molecule has 0 radical (unpaired) electrons. The third-order valence-electron chi connectivity index (χ3n) is 3.89. The third kappa shape index (κ3) is 4.40. The minimum Gasteiger partial charge on any atom is -0.315 e. The Morgan fingerprint density at radius 2 is 1.48 bits per heavy atom. The summed E-state index contributed by atoms with van der Waals surface area (Å²) < 4.78 is 1.59. The Hall–Kier alpha value is -3.87. The van der Waals surface area contributed by atoms with E-state index in [2.05, 4.69) is 5.32 Å². The van der Waals surface area contributed by atoms with Crippen LogP contribution in [0.5, 0.6) is 0 Å². The summed E-state index contributed by atoms with van der Waals surface area (Å²) in [5.74, 6) is -0.511. The van der Waals surface area contributed by atoms with Crippen molar-refractivity contribution in [2.24, 2.45) is 0 Å². The maximum atomic E-state index is 12.4. The molecule has 0 aliphatic carbocycles. The number of carbonyl (C=O) groups excluding carboxylic acids is 2. The van der Waals surface area contributed by atoms with Gasteiger partial charge < -0.3 is 5.32 Å². The number of nitrogens with zero attached hydrogens (tertiary/aromatic N) is 2. The van der Waals surface area contributed by atoms with Crippen LogP contribution in [0.1, 0.15) is 15.9 Å². The van der Waals surface area contributed by atoms with Crippen LogP contribution in [-0.2, 0) is 11.3 Å². The maximum Gasteiger partial charge on any atom is 0.292 e. The first kappa shape index (κ1) is 17.9. The van der Waals surface area contributed by atoms with Gasteiger partial charge in [-0.15, -0.1) is 0 Å². The summed E-state index contributed by atoms with van der Waals surface area (Å²) >= 11 is 0. The van der Waals surface area contributed by atoms with Crippen molar-refractivity contribution in [3.63, 3.8) is 0 Å². The molecule has 0 spiro atoms. The first-order valence-corrected chi connectivity index (χ1v) is 8.17. The van der Waals surface area contributed by atoms with Gasteiger partial charge in [0.15, 0.2) is 18.2 Å². The zero-order valence-electron chi connectivity index (χ0n) is 14.2. The van der Waals surface area contributed by atoms with Crippen LogP contribution < -0.4 is 9.88 Å². The molecular weight excluding hydrogens is 346 g/mol. The normalized spacial score (nSPS) is 10.2. The lowest BCUT2D eigenvalue weighted by atomic mass is 10.0. The monoisotopic (exact) mass is 362 g/mol. The molecule has 1 N–H and O–H groups in total. The number of pyridine rings is 1. The summed E-state index contributed by atoms with van der Waals surface area (Å²) in [7, 11) is 0. The molecule has 1 amide bonds. The van der Waals surface area contributed by atoms with Gasteiger partial charge in [0.05, 0.1) is 4.92 Å². The van der Waals surface area contributed by atoms with Gasteiger partial charge in [-0.25, -0.2) is 0 Å². The van der Waals surface area contributed by atoms with E-state index in [9.17, 15) is 19.7 Å². The lowest BCUT2D eigenvalue weighted by Crippen LogP contribution is -2.39. The summed E-state index contributed by atoms with van der Waals surface area (Å²) in [6.45, 7) is -0.0359. The average Bonchev–Trinajstić information content (AvgIpc) is 2.69. The largest absolute Gasteiger partial charge is 0.315 e. The van der Waals surface area contributed by atoms with Crippen LogP contribution in [0, 0.1) is 10.1 Å². The molecule has 27 heavy (non-hydrogen) atoms.